The third-order valence-corrected chi connectivity index (χ3v) is 3.18. The quantitative estimate of drug-likeness (QED) is 0.601. The van der Waals surface area contributed by atoms with E-state index in [4.69, 9.17) is 9.15 Å². The molecule has 2 rings (SSSR count). The fourth-order valence-corrected chi connectivity index (χ4v) is 1.96. The number of hydrogen-bond donors (Lipinski definition) is 2. The van der Waals surface area contributed by atoms with Gasteiger partial charge in [-0.3, -0.25) is 5.32 Å². The van der Waals surface area contributed by atoms with Crippen LogP contribution in [-0.2, 0) is 16.1 Å². The molecule has 1 aromatic heterocycles. The predicted molar refractivity (Wildman–Crippen MR) is 82.0 cm³/mol. The number of methoxy groups -OCH3 is 1. The number of para-hydroxylation sites is 1. The standard InChI is InChI=1S/C16H15F3N2O5/c1-24-13(22)15(16(17,18)19,26-11-6-3-2-4-7-11)21-14(23)20-10-12-8-5-9-25-12/h2-9H,10H2,1H3,(H2,20,21,23)/t15-/m0/s1. The molecule has 1 atom stereocenters. The molecule has 0 spiro atoms. The lowest BCUT2D eigenvalue weighted by Crippen LogP contribution is -2.69. The van der Waals surface area contributed by atoms with Crippen LogP contribution < -0.4 is 15.4 Å². The van der Waals surface area contributed by atoms with Crippen molar-refractivity contribution >= 4 is 12.0 Å². The molecule has 10 heteroatoms. The van der Waals surface area contributed by atoms with Crippen molar-refractivity contribution in [3.63, 3.8) is 0 Å². The number of halogens is 3. The third kappa shape index (κ3) is 4.26. The van der Waals surface area contributed by atoms with Crippen molar-refractivity contribution in [3.8, 4) is 5.75 Å². The number of carbonyl (C=O) groups excluding carboxylic acids is 2. The summed E-state index contributed by atoms with van der Waals surface area (Å²) in [5.41, 5.74) is -3.73. The van der Waals surface area contributed by atoms with Gasteiger partial charge < -0.3 is 19.2 Å². The van der Waals surface area contributed by atoms with Crippen molar-refractivity contribution < 1.29 is 36.7 Å². The summed E-state index contributed by atoms with van der Waals surface area (Å²) >= 11 is 0. The number of rotatable bonds is 6. The fraction of sp³-hybridized carbons (Fsp3) is 0.250. The average Bonchev–Trinajstić information content (AvgIpc) is 3.12. The maximum absolute atomic E-state index is 13.7. The molecule has 0 aliphatic carbocycles. The smallest absolute Gasteiger partial charge is 0.460 e. The van der Waals surface area contributed by atoms with Crippen molar-refractivity contribution in [1.82, 2.24) is 10.6 Å². The van der Waals surface area contributed by atoms with Gasteiger partial charge in [0.25, 0.3) is 0 Å². The zero-order valence-electron chi connectivity index (χ0n) is 13.5. The minimum atomic E-state index is -5.31. The molecule has 0 unspecified atom stereocenters. The lowest BCUT2D eigenvalue weighted by Gasteiger charge is -2.33. The normalized spacial score (nSPS) is 13.4. The van der Waals surface area contributed by atoms with E-state index in [1.807, 2.05) is 0 Å². The van der Waals surface area contributed by atoms with Gasteiger partial charge in [-0.2, -0.15) is 13.2 Å². The van der Waals surface area contributed by atoms with Gasteiger partial charge in [-0.25, -0.2) is 9.59 Å². The Hall–Kier alpha value is -3.17. The maximum atomic E-state index is 13.7. The first-order valence-corrected chi connectivity index (χ1v) is 7.26. The molecule has 1 heterocycles. The fourth-order valence-electron chi connectivity index (χ4n) is 1.96. The minimum Gasteiger partial charge on any atom is -0.467 e. The van der Waals surface area contributed by atoms with E-state index in [0.717, 1.165) is 7.11 Å². The Bertz CT molecular complexity index is 734. The molecule has 7 nitrogen and oxygen atoms in total. The number of esters is 1. The highest BCUT2D eigenvalue weighted by molar-refractivity contribution is 5.87. The van der Waals surface area contributed by atoms with Crippen LogP contribution in [0.25, 0.3) is 0 Å². The summed E-state index contributed by atoms with van der Waals surface area (Å²) in [5, 5.41) is 3.66. The molecule has 0 aliphatic heterocycles. The van der Waals surface area contributed by atoms with E-state index in [2.05, 4.69) is 10.1 Å². The second kappa shape index (κ2) is 7.81. The van der Waals surface area contributed by atoms with Crippen LogP contribution in [0.1, 0.15) is 5.76 Å². The monoisotopic (exact) mass is 372 g/mol. The molecule has 2 aromatic rings. The molecule has 0 aliphatic rings. The number of benzene rings is 1. The number of amides is 2. The number of furan rings is 1. The number of ether oxygens (including phenoxy) is 2. The molecule has 140 valence electrons. The third-order valence-electron chi connectivity index (χ3n) is 3.18. The summed E-state index contributed by atoms with van der Waals surface area (Å²) in [6.07, 6.45) is -3.97. The molecule has 0 radical (unpaired) electrons. The lowest BCUT2D eigenvalue weighted by molar-refractivity contribution is -0.258. The maximum Gasteiger partial charge on any atom is 0.460 e. The summed E-state index contributed by atoms with van der Waals surface area (Å²) < 4.78 is 55.1. The van der Waals surface area contributed by atoms with E-state index in [0.29, 0.717) is 5.76 Å². The largest absolute Gasteiger partial charge is 0.467 e. The van der Waals surface area contributed by atoms with Crippen LogP contribution in [-0.4, -0.2) is 31.0 Å². The second-order valence-electron chi connectivity index (χ2n) is 4.97. The zero-order valence-corrected chi connectivity index (χ0v) is 13.5. The van der Waals surface area contributed by atoms with Crippen LogP contribution in [0.3, 0.4) is 0 Å². The average molecular weight is 372 g/mol. The first-order chi connectivity index (χ1) is 12.3. The van der Waals surface area contributed by atoms with Crippen molar-refractivity contribution in [3.05, 3.63) is 54.5 Å². The number of nitrogens with one attached hydrogen (secondary N) is 2. The van der Waals surface area contributed by atoms with E-state index in [9.17, 15) is 22.8 Å². The van der Waals surface area contributed by atoms with Crippen LogP contribution in [0.5, 0.6) is 5.75 Å². The van der Waals surface area contributed by atoms with Gasteiger partial charge in [0.2, 0.25) is 0 Å². The number of carbonyl (C=O) groups is 2. The number of urea groups is 1. The van der Waals surface area contributed by atoms with Crippen molar-refractivity contribution in [2.24, 2.45) is 0 Å². The van der Waals surface area contributed by atoms with Crippen molar-refractivity contribution in [2.75, 3.05) is 7.11 Å². The predicted octanol–water partition coefficient (Wildman–Crippen LogP) is 2.59. The first-order valence-electron chi connectivity index (χ1n) is 7.26. The zero-order chi connectivity index (χ0) is 19.2. The van der Waals surface area contributed by atoms with Crippen molar-refractivity contribution in [2.45, 2.75) is 18.4 Å². The van der Waals surface area contributed by atoms with Gasteiger partial charge >= 0.3 is 23.9 Å². The lowest BCUT2D eigenvalue weighted by atomic mass is 10.2. The number of alkyl halides is 3. The van der Waals surface area contributed by atoms with Gasteiger partial charge in [-0.15, -0.1) is 0 Å². The van der Waals surface area contributed by atoms with Gasteiger partial charge in [-0.05, 0) is 24.3 Å². The van der Waals surface area contributed by atoms with E-state index in [1.165, 1.54) is 41.9 Å². The Morgan fingerprint density at radius 2 is 1.81 bits per heavy atom. The Kier molecular flexibility index (Phi) is 5.75. The molecule has 1 aromatic carbocycles. The van der Waals surface area contributed by atoms with Crippen LogP contribution >= 0.6 is 0 Å². The first kappa shape index (κ1) is 19.2. The Morgan fingerprint density at radius 1 is 1.12 bits per heavy atom. The summed E-state index contributed by atoms with van der Waals surface area (Å²) in [4.78, 5) is 23.9. The summed E-state index contributed by atoms with van der Waals surface area (Å²) in [7, 11) is 0.750. The molecule has 0 bridgehead atoms. The van der Waals surface area contributed by atoms with Gasteiger partial charge in [0, 0.05) is 0 Å². The second-order valence-corrected chi connectivity index (χ2v) is 4.97. The number of hydrogen-bond acceptors (Lipinski definition) is 5. The highest BCUT2D eigenvalue weighted by Gasteiger charge is 2.66. The van der Waals surface area contributed by atoms with E-state index >= 15 is 0 Å². The molecule has 0 fully saturated rings. The van der Waals surface area contributed by atoms with Crippen LogP contribution in [0.15, 0.2) is 53.1 Å². The molecule has 2 amide bonds. The molecule has 0 saturated carbocycles. The van der Waals surface area contributed by atoms with Crippen LogP contribution in [0, 0.1) is 0 Å². The van der Waals surface area contributed by atoms with Crippen molar-refractivity contribution in [1.29, 1.82) is 0 Å². The molecule has 26 heavy (non-hydrogen) atoms. The van der Waals surface area contributed by atoms with Crippen LogP contribution in [0.4, 0.5) is 18.0 Å². The Labute approximate surface area is 146 Å². The van der Waals surface area contributed by atoms with E-state index in [-0.39, 0.29) is 12.3 Å². The van der Waals surface area contributed by atoms with Gasteiger partial charge in [-0.1, -0.05) is 18.2 Å². The highest BCUT2D eigenvalue weighted by atomic mass is 19.4. The Morgan fingerprint density at radius 3 is 2.35 bits per heavy atom. The summed E-state index contributed by atoms with van der Waals surface area (Å²) in [5.74, 6) is -1.82. The molecular weight excluding hydrogens is 357 g/mol. The van der Waals surface area contributed by atoms with Gasteiger partial charge in [0.1, 0.15) is 11.5 Å². The SMILES string of the molecule is COC(=O)[C@](NC(=O)NCc1ccco1)(Oc1ccccc1)C(F)(F)F. The summed E-state index contributed by atoms with van der Waals surface area (Å²) in [6, 6.07) is 8.51. The molecular formula is C16H15F3N2O5. The van der Waals surface area contributed by atoms with Gasteiger partial charge in [0.15, 0.2) is 0 Å². The molecule has 2 N–H and O–H groups in total. The summed E-state index contributed by atoms with van der Waals surface area (Å²) in [6.45, 7) is -0.195. The van der Waals surface area contributed by atoms with E-state index < -0.39 is 23.9 Å². The van der Waals surface area contributed by atoms with E-state index in [1.54, 1.807) is 12.1 Å². The Balaban J connectivity index is 2.26. The molecule has 0 saturated heterocycles. The van der Waals surface area contributed by atoms with Gasteiger partial charge in [0.05, 0.1) is 19.9 Å². The minimum absolute atomic E-state index is 0.195. The highest BCUT2D eigenvalue weighted by Crippen LogP contribution is 2.34. The topological polar surface area (TPSA) is 89.8 Å². The van der Waals surface area contributed by atoms with Crippen LogP contribution in [0.2, 0.25) is 0 Å².